The third kappa shape index (κ3) is 4.02. The second kappa shape index (κ2) is 8.23. The van der Waals surface area contributed by atoms with Gasteiger partial charge in [-0.1, -0.05) is 67.6 Å². The van der Waals surface area contributed by atoms with Gasteiger partial charge in [0.1, 0.15) is 5.82 Å². The summed E-state index contributed by atoms with van der Waals surface area (Å²) in [6.07, 6.45) is 0.749. The third-order valence-electron chi connectivity index (χ3n) is 5.00. The van der Waals surface area contributed by atoms with Crippen molar-refractivity contribution in [3.05, 3.63) is 102 Å². The van der Waals surface area contributed by atoms with Gasteiger partial charge in [-0.15, -0.1) is 0 Å². The van der Waals surface area contributed by atoms with Crippen LogP contribution in [-0.4, -0.2) is 10.9 Å². The lowest BCUT2D eigenvalue weighted by molar-refractivity contribution is 0.0937. The van der Waals surface area contributed by atoms with Crippen LogP contribution in [0.2, 0.25) is 0 Å². The molecule has 0 aliphatic rings. The predicted molar refractivity (Wildman–Crippen MR) is 114 cm³/mol. The topological polar surface area (TPSA) is 42.0 Å². The van der Waals surface area contributed by atoms with Gasteiger partial charge in [-0.25, -0.2) is 9.37 Å². The van der Waals surface area contributed by atoms with Gasteiger partial charge in [0, 0.05) is 10.9 Å². The van der Waals surface area contributed by atoms with Crippen LogP contribution in [0.5, 0.6) is 0 Å². The van der Waals surface area contributed by atoms with Crippen LogP contribution in [0, 0.1) is 5.82 Å². The number of nitrogens with zero attached hydrogens (tertiary/aromatic N) is 1. The fraction of sp³-hybridized carbons (Fsp3) is 0.120. The van der Waals surface area contributed by atoms with Crippen molar-refractivity contribution in [3.8, 4) is 11.3 Å². The number of amides is 1. The Bertz CT molecular complexity index is 1140. The highest BCUT2D eigenvalue weighted by Crippen LogP contribution is 2.26. The Morgan fingerprint density at radius 1 is 0.966 bits per heavy atom. The largest absolute Gasteiger partial charge is 0.345 e. The molecule has 0 aliphatic carbocycles. The molecule has 4 rings (SSSR count). The minimum atomic E-state index is -0.393. The third-order valence-corrected chi connectivity index (χ3v) is 5.00. The van der Waals surface area contributed by atoms with E-state index in [1.165, 1.54) is 12.1 Å². The first kappa shape index (κ1) is 18.8. The number of carbonyl (C=O) groups is 1. The first-order valence-corrected chi connectivity index (χ1v) is 9.67. The highest BCUT2D eigenvalue weighted by atomic mass is 19.1. The van der Waals surface area contributed by atoms with Crippen molar-refractivity contribution in [1.82, 2.24) is 10.3 Å². The van der Waals surface area contributed by atoms with E-state index in [0.717, 1.165) is 17.5 Å². The fourth-order valence-electron chi connectivity index (χ4n) is 3.49. The Balaban J connectivity index is 1.78. The Labute approximate surface area is 169 Å². The first-order chi connectivity index (χ1) is 14.2. The molecule has 144 valence electrons. The molecule has 1 atom stereocenters. The number of hydrogen-bond donors (Lipinski definition) is 1. The molecule has 4 heteroatoms. The van der Waals surface area contributed by atoms with Gasteiger partial charge in [0.2, 0.25) is 0 Å². The zero-order chi connectivity index (χ0) is 20.2. The Hall–Kier alpha value is -3.53. The van der Waals surface area contributed by atoms with Gasteiger partial charge in [-0.3, -0.25) is 4.79 Å². The van der Waals surface area contributed by atoms with Crippen molar-refractivity contribution >= 4 is 16.8 Å². The standard InChI is InChI=1S/C25H21FN2O/c1-2-22(17-9-5-3-6-10-17)28-25(29)21-16-24(18-11-7-4-8-12-18)27-23-14-13-19(26)15-20(21)23/h3-16,22H,2H2,1H3,(H,28,29)/t22-/m0/s1. The predicted octanol–water partition coefficient (Wildman–Crippen LogP) is 5.92. The molecule has 0 aliphatic heterocycles. The zero-order valence-electron chi connectivity index (χ0n) is 16.1. The summed E-state index contributed by atoms with van der Waals surface area (Å²) in [6, 6.07) is 25.5. The van der Waals surface area contributed by atoms with Crippen molar-refractivity contribution in [1.29, 1.82) is 0 Å². The van der Waals surface area contributed by atoms with Gasteiger partial charge in [0.25, 0.3) is 5.91 Å². The molecule has 1 N–H and O–H groups in total. The lowest BCUT2D eigenvalue weighted by Gasteiger charge is -2.18. The van der Waals surface area contributed by atoms with Crippen LogP contribution in [0.4, 0.5) is 4.39 Å². The summed E-state index contributed by atoms with van der Waals surface area (Å²) in [7, 11) is 0. The number of pyridine rings is 1. The molecule has 0 bridgehead atoms. The van der Waals surface area contributed by atoms with E-state index in [1.807, 2.05) is 67.6 Å². The average Bonchev–Trinajstić information content (AvgIpc) is 2.77. The molecule has 1 heterocycles. The van der Waals surface area contributed by atoms with Gasteiger partial charge in [-0.2, -0.15) is 0 Å². The number of benzene rings is 3. The molecule has 0 radical (unpaired) electrons. The summed E-state index contributed by atoms with van der Waals surface area (Å²) in [6.45, 7) is 2.03. The maximum Gasteiger partial charge on any atom is 0.252 e. The van der Waals surface area contributed by atoms with Crippen molar-refractivity contribution in [2.75, 3.05) is 0 Å². The smallest absolute Gasteiger partial charge is 0.252 e. The van der Waals surface area contributed by atoms with Gasteiger partial charge < -0.3 is 5.32 Å². The fourth-order valence-corrected chi connectivity index (χ4v) is 3.49. The summed E-state index contributed by atoms with van der Waals surface area (Å²) < 4.78 is 13.9. The minimum Gasteiger partial charge on any atom is -0.345 e. The lowest BCUT2D eigenvalue weighted by atomic mass is 10.0. The van der Waals surface area contributed by atoms with Gasteiger partial charge in [0.05, 0.1) is 22.8 Å². The van der Waals surface area contributed by atoms with E-state index in [4.69, 9.17) is 0 Å². The molecule has 0 saturated carbocycles. The molecule has 1 amide bonds. The number of halogens is 1. The molecule has 0 unspecified atom stereocenters. The first-order valence-electron chi connectivity index (χ1n) is 9.67. The molecular formula is C25H21FN2O. The molecule has 4 aromatic rings. The zero-order valence-corrected chi connectivity index (χ0v) is 16.1. The van der Waals surface area contributed by atoms with E-state index in [9.17, 15) is 9.18 Å². The van der Waals surface area contributed by atoms with Crippen LogP contribution < -0.4 is 5.32 Å². The van der Waals surface area contributed by atoms with Crippen LogP contribution >= 0.6 is 0 Å². The summed E-state index contributed by atoms with van der Waals surface area (Å²) in [4.78, 5) is 17.9. The van der Waals surface area contributed by atoms with Gasteiger partial charge in [0.15, 0.2) is 0 Å². The summed E-state index contributed by atoms with van der Waals surface area (Å²) in [5, 5.41) is 3.61. The monoisotopic (exact) mass is 384 g/mol. The Morgan fingerprint density at radius 3 is 2.34 bits per heavy atom. The number of fused-ring (bicyclic) bond motifs is 1. The minimum absolute atomic E-state index is 0.124. The summed E-state index contributed by atoms with van der Waals surface area (Å²) >= 11 is 0. The van der Waals surface area contributed by atoms with Gasteiger partial charge in [-0.05, 0) is 36.2 Å². The highest BCUT2D eigenvalue weighted by Gasteiger charge is 2.18. The number of nitrogens with one attached hydrogen (secondary N) is 1. The normalized spacial score (nSPS) is 11.9. The molecular weight excluding hydrogens is 363 g/mol. The van der Waals surface area contributed by atoms with Crippen LogP contribution in [0.15, 0.2) is 84.9 Å². The molecule has 0 fully saturated rings. The van der Waals surface area contributed by atoms with Crippen molar-refractivity contribution in [2.45, 2.75) is 19.4 Å². The molecule has 1 aromatic heterocycles. The molecule has 0 spiro atoms. The number of rotatable bonds is 5. The second-order valence-electron chi connectivity index (χ2n) is 6.93. The maximum absolute atomic E-state index is 13.9. The average molecular weight is 384 g/mol. The maximum atomic E-state index is 13.9. The molecule has 3 nitrogen and oxygen atoms in total. The number of hydrogen-bond acceptors (Lipinski definition) is 2. The van der Waals surface area contributed by atoms with Gasteiger partial charge >= 0.3 is 0 Å². The molecule has 29 heavy (non-hydrogen) atoms. The van der Waals surface area contributed by atoms with E-state index in [-0.39, 0.29) is 11.9 Å². The second-order valence-corrected chi connectivity index (χ2v) is 6.93. The van der Waals surface area contributed by atoms with E-state index in [2.05, 4.69) is 10.3 Å². The SMILES string of the molecule is CC[C@H](NC(=O)c1cc(-c2ccccc2)nc2ccc(F)cc12)c1ccccc1. The van der Waals surface area contributed by atoms with Crippen molar-refractivity contribution in [2.24, 2.45) is 0 Å². The van der Waals surface area contributed by atoms with E-state index >= 15 is 0 Å². The summed E-state index contributed by atoms with van der Waals surface area (Å²) in [5.41, 5.74) is 3.63. The van der Waals surface area contributed by atoms with E-state index < -0.39 is 5.82 Å². The van der Waals surface area contributed by atoms with Crippen LogP contribution in [0.1, 0.15) is 35.3 Å². The Morgan fingerprint density at radius 2 is 1.66 bits per heavy atom. The summed E-state index contributed by atoms with van der Waals surface area (Å²) in [5.74, 6) is -0.633. The van der Waals surface area contributed by atoms with E-state index in [0.29, 0.717) is 22.2 Å². The van der Waals surface area contributed by atoms with Crippen LogP contribution in [0.3, 0.4) is 0 Å². The van der Waals surface area contributed by atoms with Crippen LogP contribution in [-0.2, 0) is 0 Å². The molecule has 0 saturated heterocycles. The quantitative estimate of drug-likeness (QED) is 0.464. The number of aromatic nitrogens is 1. The van der Waals surface area contributed by atoms with Crippen molar-refractivity contribution in [3.63, 3.8) is 0 Å². The lowest BCUT2D eigenvalue weighted by Crippen LogP contribution is -2.28. The van der Waals surface area contributed by atoms with E-state index in [1.54, 1.807) is 12.1 Å². The Kier molecular flexibility index (Phi) is 5.34. The van der Waals surface area contributed by atoms with Crippen molar-refractivity contribution < 1.29 is 9.18 Å². The molecule has 3 aromatic carbocycles. The number of carbonyl (C=O) groups excluding carboxylic acids is 1. The van der Waals surface area contributed by atoms with Crippen LogP contribution in [0.25, 0.3) is 22.2 Å². The highest BCUT2D eigenvalue weighted by molar-refractivity contribution is 6.07.